The summed E-state index contributed by atoms with van der Waals surface area (Å²) < 4.78 is 10.4. The number of methoxy groups -OCH3 is 2. The molecule has 0 amide bonds. The third-order valence-electron chi connectivity index (χ3n) is 2.76. The molecule has 1 aliphatic carbocycles. The number of aliphatic carboxylic acids is 1. The summed E-state index contributed by atoms with van der Waals surface area (Å²) in [6.45, 7) is 0. The van der Waals surface area contributed by atoms with Gasteiger partial charge in [0.25, 0.3) is 0 Å². The lowest BCUT2D eigenvalue weighted by Gasteiger charge is -2.37. The van der Waals surface area contributed by atoms with Crippen molar-refractivity contribution in [1.29, 1.82) is 0 Å². The molecule has 0 radical (unpaired) electrons. The molecule has 1 saturated carbocycles. The van der Waals surface area contributed by atoms with E-state index in [0.29, 0.717) is 6.42 Å². The second-order valence-electron chi connectivity index (χ2n) is 3.45. The maximum atomic E-state index is 10.8. The first-order valence-electron chi connectivity index (χ1n) is 4.46. The van der Waals surface area contributed by atoms with Crippen LogP contribution in [0.15, 0.2) is 0 Å². The Hall–Kier alpha value is -0.610. The van der Waals surface area contributed by atoms with Crippen LogP contribution in [0.4, 0.5) is 0 Å². The van der Waals surface area contributed by atoms with Crippen molar-refractivity contribution in [2.24, 2.45) is 5.92 Å². The van der Waals surface area contributed by atoms with Crippen molar-refractivity contribution < 1.29 is 19.4 Å². The molecule has 0 aliphatic heterocycles. The highest BCUT2D eigenvalue weighted by molar-refractivity contribution is 5.70. The van der Waals surface area contributed by atoms with Gasteiger partial charge in [0, 0.05) is 27.1 Å². The highest BCUT2D eigenvalue weighted by atomic mass is 16.7. The zero-order chi connectivity index (χ0) is 9.90. The summed E-state index contributed by atoms with van der Waals surface area (Å²) in [4.78, 5) is 10.8. The molecule has 1 unspecified atom stereocenters. The minimum absolute atomic E-state index is 0.325. The number of rotatable bonds is 3. The molecule has 1 atom stereocenters. The molecule has 0 aromatic carbocycles. The van der Waals surface area contributed by atoms with Crippen molar-refractivity contribution in [1.82, 2.24) is 0 Å². The first-order chi connectivity index (χ1) is 6.13. The first-order valence-corrected chi connectivity index (χ1v) is 4.46. The van der Waals surface area contributed by atoms with Gasteiger partial charge >= 0.3 is 5.97 Å². The topological polar surface area (TPSA) is 55.8 Å². The second kappa shape index (κ2) is 4.07. The number of carboxylic acids is 1. The molecule has 0 heterocycles. The van der Waals surface area contributed by atoms with Gasteiger partial charge in [-0.05, 0) is 12.8 Å². The summed E-state index contributed by atoms with van der Waals surface area (Å²) in [5.74, 6) is -1.74. The second-order valence-corrected chi connectivity index (χ2v) is 3.45. The minimum atomic E-state index is -0.752. The average Bonchev–Trinajstić information content (AvgIpc) is 2.18. The molecule has 1 N–H and O–H groups in total. The normalized spacial score (nSPS) is 27.1. The van der Waals surface area contributed by atoms with Crippen LogP contribution < -0.4 is 0 Å². The zero-order valence-corrected chi connectivity index (χ0v) is 8.08. The molecule has 0 spiro atoms. The largest absolute Gasteiger partial charge is 0.481 e. The number of hydrogen-bond donors (Lipinski definition) is 1. The van der Waals surface area contributed by atoms with Gasteiger partial charge < -0.3 is 14.6 Å². The van der Waals surface area contributed by atoms with Gasteiger partial charge in [-0.25, -0.2) is 0 Å². The third-order valence-corrected chi connectivity index (χ3v) is 2.76. The van der Waals surface area contributed by atoms with Crippen molar-refractivity contribution in [3.8, 4) is 0 Å². The molecule has 1 fully saturated rings. The van der Waals surface area contributed by atoms with Gasteiger partial charge in [0.05, 0.1) is 5.92 Å². The van der Waals surface area contributed by atoms with Crippen LogP contribution in [0.3, 0.4) is 0 Å². The molecule has 0 aromatic heterocycles. The van der Waals surface area contributed by atoms with E-state index in [-0.39, 0.29) is 5.92 Å². The van der Waals surface area contributed by atoms with Crippen molar-refractivity contribution in [2.45, 2.75) is 31.5 Å². The summed E-state index contributed by atoms with van der Waals surface area (Å²) in [7, 11) is 3.13. The summed E-state index contributed by atoms with van der Waals surface area (Å²) in [5.41, 5.74) is 0. The first kappa shape index (κ1) is 10.5. The fourth-order valence-corrected chi connectivity index (χ4v) is 1.86. The summed E-state index contributed by atoms with van der Waals surface area (Å²) in [6.07, 6.45) is 2.81. The molecule has 0 saturated heterocycles. The lowest BCUT2D eigenvalue weighted by atomic mass is 9.84. The van der Waals surface area contributed by atoms with Crippen LogP contribution in [0.2, 0.25) is 0 Å². The fraction of sp³-hybridized carbons (Fsp3) is 0.889. The van der Waals surface area contributed by atoms with E-state index in [9.17, 15) is 4.79 Å². The highest BCUT2D eigenvalue weighted by Gasteiger charge is 2.39. The maximum absolute atomic E-state index is 10.8. The predicted molar refractivity (Wildman–Crippen MR) is 46.3 cm³/mol. The number of ether oxygens (including phenoxy) is 2. The van der Waals surface area contributed by atoms with Crippen LogP contribution in [-0.4, -0.2) is 31.1 Å². The van der Waals surface area contributed by atoms with E-state index in [2.05, 4.69) is 0 Å². The van der Waals surface area contributed by atoms with Crippen LogP contribution in [0, 0.1) is 5.92 Å². The Labute approximate surface area is 77.8 Å². The molecule has 0 aromatic rings. The number of carboxylic acid groups (broad SMARTS) is 1. The summed E-state index contributed by atoms with van der Waals surface area (Å²) in [6, 6.07) is 0. The molecule has 1 rings (SSSR count). The number of carbonyl (C=O) groups is 1. The van der Waals surface area contributed by atoms with Crippen LogP contribution in [0.25, 0.3) is 0 Å². The van der Waals surface area contributed by atoms with Gasteiger partial charge in [-0.3, -0.25) is 4.79 Å². The summed E-state index contributed by atoms with van der Waals surface area (Å²) in [5, 5.41) is 8.85. The van der Waals surface area contributed by atoms with Gasteiger partial charge in [-0.15, -0.1) is 0 Å². The van der Waals surface area contributed by atoms with Crippen molar-refractivity contribution in [2.75, 3.05) is 14.2 Å². The Balaban J connectivity index is 2.63. The van der Waals surface area contributed by atoms with Crippen LogP contribution in [0.1, 0.15) is 25.7 Å². The Morgan fingerprint density at radius 1 is 1.46 bits per heavy atom. The molecule has 4 nitrogen and oxygen atoms in total. The van der Waals surface area contributed by atoms with E-state index in [4.69, 9.17) is 14.6 Å². The molecule has 4 heteroatoms. The SMILES string of the molecule is COC1(OC)CCCC(C(=O)O)C1. The van der Waals surface area contributed by atoms with Gasteiger partial charge in [-0.1, -0.05) is 0 Å². The quantitative estimate of drug-likeness (QED) is 0.677. The van der Waals surface area contributed by atoms with E-state index in [0.717, 1.165) is 19.3 Å². The molecule has 76 valence electrons. The van der Waals surface area contributed by atoms with Gasteiger partial charge in [0.1, 0.15) is 0 Å². The number of hydrogen-bond acceptors (Lipinski definition) is 3. The standard InChI is InChI=1S/C9H16O4/c1-12-9(13-2)5-3-4-7(6-9)8(10)11/h7H,3-6H2,1-2H3,(H,10,11). The highest BCUT2D eigenvalue weighted by Crippen LogP contribution is 2.35. The van der Waals surface area contributed by atoms with E-state index < -0.39 is 11.8 Å². The van der Waals surface area contributed by atoms with E-state index in [1.807, 2.05) is 0 Å². The Kier molecular flexibility index (Phi) is 3.27. The van der Waals surface area contributed by atoms with E-state index in [1.54, 1.807) is 14.2 Å². The van der Waals surface area contributed by atoms with E-state index >= 15 is 0 Å². The van der Waals surface area contributed by atoms with Crippen LogP contribution in [0.5, 0.6) is 0 Å². The molecule has 13 heavy (non-hydrogen) atoms. The molecule has 1 aliphatic rings. The van der Waals surface area contributed by atoms with Gasteiger partial charge in [0.15, 0.2) is 5.79 Å². The maximum Gasteiger partial charge on any atom is 0.306 e. The third kappa shape index (κ3) is 2.19. The zero-order valence-electron chi connectivity index (χ0n) is 8.08. The Bertz CT molecular complexity index is 186. The molecule has 0 bridgehead atoms. The molecular weight excluding hydrogens is 172 g/mol. The van der Waals surface area contributed by atoms with E-state index in [1.165, 1.54) is 0 Å². The monoisotopic (exact) mass is 188 g/mol. The average molecular weight is 188 g/mol. The Morgan fingerprint density at radius 3 is 2.54 bits per heavy atom. The minimum Gasteiger partial charge on any atom is -0.481 e. The van der Waals surface area contributed by atoms with Gasteiger partial charge in [-0.2, -0.15) is 0 Å². The molecular formula is C9H16O4. The smallest absolute Gasteiger partial charge is 0.306 e. The summed E-state index contributed by atoms with van der Waals surface area (Å²) >= 11 is 0. The fourth-order valence-electron chi connectivity index (χ4n) is 1.86. The van der Waals surface area contributed by atoms with Gasteiger partial charge in [0.2, 0.25) is 0 Å². The van der Waals surface area contributed by atoms with Crippen LogP contribution >= 0.6 is 0 Å². The van der Waals surface area contributed by atoms with Crippen molar-refractivity contribution in [3.05, 3.63) is 0 Å². The van der Waals surface area contributed by atoms with Crippen LogP contribution in [-0.2, 0) is 14.3 Å². The lowest BCUT2D eigenvalue weighted by Crippen LogP contribution is -2.41. The Morgan fingerprint density at radius 2 is 2.08 bits per heavy atom. The predicted octanol–water partition coefficient (Wildman–Crippen LogP) is 1.25. The van der Waals surface area contributed by atoms with Crippen molar-refractivity contribution in [3.63, 3.8) is 0 Å². The van der Waals surface area contributed by atoms with Crippen molar-refractivity contribution >= 4 is 5.97 Å². The lowest BCUT2D eigenvalue weighted by molar-refractivity contribution is -0.232.